The molecule has 1 aliphatic heterocycles. The SMILES string of the molecule is CC1=c2[nH]c(c3ccccc23)=C(C)c2[nH]c(c3ccccc23)C(C)=c2[nH]c(c3ccccc23)=C(C)c2[nH]c1c1ccccc21.OOOOPO. The molecule has 0 saturated heterocycles. The molecular weight excluding hydrogens is 647 g/mol. The summed E-state index contributed by atoms with van der Waals surface area (Å²) in [5.74, 6) is 0. The molecule has 0 aliphatic carbocycles. The van der Waals surface area contributed by atoms with Gasteiger partial charge in [-0.05, 0) is 60.1 Å². The summed E-state index contributed by atoms with van der Waals surface area (Å²) in [5, 5.41) is 27.8. The summed E-state index contributed by atoms with van der Waals surface area (Å²) in [6.07, 6.45) is 0. The topological polar surface area (TPSA) is 131 Å². The van der Waals surface area contributed by atoms with Gasteiger partial charge in [-0.25, -0.2) is 5.26 Å². The predicted molar refractivity (Wildman–Crippen MR) is 201 cm³/mol. The second-order valence-electron chi connectivity index (χ2n) is 12.5. The Labute approximate surface area is 287 Å². The van der Waals surface area contributed by atoms with E-state index in [1.807, 2.05) is 0 Å². The fourth-order valence-electron chi connectivity index (χ4n) is 7.61. The van der Waals surface area contributed by atoms with Crippen molar-refractivity contribution >= 4 is 74.4 Å². The summed E-state index contributed by atoms with van der Waals surface area (Å²) < 4.78 is 3.59. The Morgan fingerprint density at radius 2 is 0.680 bits per heavy atom. The molecule has 4 aromatic heterocycles. The van der Waals surface area contributed by atoms with E-state index in [0.29, 0.717) is 0 Å². The Morgan fingerprint density at radius 1 is 0.420 bits per heavy atom. The van der Waals surface area contributed by atoms with Gasteiger partial charge in [0.05, 0.1) is 44.2 Å². The van der Waals surface area contributed by atoms with Crippen LogP contribution in [0.4, 0.5) is 0 Å². The fraction of sp³-hybridized carbons (Fsp3) is 0.100. The first kappa shape index (κ1) is 32.0. The molecule has 10 heteroatoms. The molecule has 0 spiro atoms. The van der Waals surface area contributed by atoms with Crippen LogP contribution in [-0.2, 0) is 14.8 Å². The summed E-state index contributed by atoms with van der Waals surface area (Å²) in [7, 11) is -0.843. The average Bonchev–Trinajstić information content (AvgIpc) is 3.94. The minimum Gasteiger partial charge on any atom is -0.354 e. The van der Waals surface area contributed by atoms with Gasteiger partial charge in [0.15, 0.2) is 9.03 Å². The second-order valence-corrected chi connectivity index (χ2v) is 12.8. The van der Waals surface area contributed by atoms with Crippen molar-refractivity contribution in [3.05, 3.63) is 141 Å². The van der Waals surface area contributed by atoms with Gasteiger partial charge in [0.25, 0.3) is 0 Å². The highest BCUT2D eigenvalue weighted by atomic mass is 31.1. The third-order valence-corrected chi connectivity index (χ3v) is 10.1. The summed E-state index contributed by atoms with van der Waals surface area (Å²) in [6, 6.07) is 35.0. The molecule has 250 valence electrons. The summed E-state index contributed by atoms with van der Waals surface area (Å²) in [5.41, 5.74) is 9.35. The fourth-order valence-corrected chi connectivity index (χ4v) is 7.67. The van der Waals surface area contributed by atoms with Gasteiger partial charge in [0.1, 0.15) is 0 Å². The van der Waals surface area contributed by atoms with Crippen molar-refractivity contribution in [3.8, 4) is 0 Å². The maximum atomic E-state index is 7.69. The second kappa shape index (κ2) is 12.9. The lowest BCUT2D eigenvalue weighted by Gasteiger charge is -2.02. The number of benzene rings is 4. The van der Waals surface area contributed by atoms with Crippen LogP contribution < -0.4 is 21.4 Å². The van der Waals surface area contributed by atoms with Crippen molar-refractivity contribution in [3.63, 3.8) is 0 Å². The first-order valence-electron chi connectivity index (χ1n) is 16.3. The maximum absolute atomic E-state index is 7.69. The zero-order chi connectivity index (χ0) is 34.5. The van der Waals surface area contributed by atoms with Crippen molar-refractivity contribution in [2.45, 2.75) is 27.7 Å². The van der Waals surface area contributed by atoms with E-state index < -0.39 is 9.03 Å². The number of fused-ring (bicyclic) bond motifs is 20. The minimum atomic E-state index is -0.843. The van der Waals surface area contributed by atoms with E-state index in [2.05, 4.69) is 159 Å². The molecule has 9 nitrogen and oxygen atoms in total. The number of aromatic nitrogens is 4. The van der Waals surface area contributed by atoms with Crippen molar-refractivity contribution in [1.82, 2.24) is 19.9 Å². The number of rotatable bonds is 3. The zero-order valence-corrected chi connectivity index (χ0v) is 28.9. The molecule has 1 aliphatic rings. The monoisotopic (exact) mass is 682 g/mol. The van der Waals surface area contributed by atoms with E-state index in [4.69, 9.17) is 10.2 Å². The van der Waals surface area contributed by atoms with Gasteiger partial charge in [0.2, 0.25) is 0 Å². The first-order chi connectivity index (χ1) is 24.4. The molecule has 0 saturated carbocycles. The molecular formula is C40H35N4O5P. The van der Waals surface area contributed by atoms with Crippen LogP contribution in [-0.4, -0.2) is 30.1 Å². The van der Waals surface area contributed by atoms with Crippen LogP contribution in [0, 0.1) is 0 Å². The number of hydrogen-bond donors (Lipinski definition) is 6. The van der Waals surface area contributed by atoms with Crippen LogP contribution in [0.2, 0.25) is 0 Å². The van der Waals surface area contributed by atoms with E-state index in [-0.39, 0.29) is 0 Å². The Morgan fingerprint density at radius 3 is 0.900 bits per heavy atom. The van der Waals surface area contributed by atoms with Crippen LogP contribution in [0.15, 0.2) is 97.1 Å². The van der Waals surface area contributed by atoms with E-state index in [0.717, 1.165) is 44.2 Å². The molecule has 8 aromatic rings. The lowest BCUT2D eigenvalue weighted by Crippen LogP contribution is -2.16. The largest absolute Gasteiger partial charge is 0.354 e. The smallest absolute Gasteiger partial charge is 0.195 e. The van der Waals surface area contributed by atoms with Crippen molar-refractivity contribution in [1.29, 1.82) is 0 Å². The molecule has 0 radical (unpaired) electrons. The number of nitrogens with one attached hydrogen (secondary N) is 4. The van der Waals surface area contributed by atoms with Gasteiger partial charge in [-0.3, -0.25) is 0 Å². The molecule has 1 unspecified atom stereocenters. The highest BCUT2D eigenvalue weighted by Crippen LogP contribution is 2.32. The number of aromatic amines is 4. The van der Waals surface area contributed by atoms with Crippen LogP contribution in [0.3, 0.4) is 0 Å². The predicted octanol–water partition coefficient (Wildman–Crippen LogP) is 6.64. The molecule has 6 N–H and O–H groups in total. The molecule has 5 heterocycles. The highest BCUT2D eigenvalue weighted by molar-refractivity contribution is 7.24. The average molecular weight is 683 g/mol. The van der Waals surface area contributed by atoms with Gasteiger partial charge in [-0.2, -0.15) is 4.67 Å². The lowest BCUT2D eigenvalue weighted by molar-refractivity contribution is -0.594. The minimum absolute atomic E-state index is 0.843. The van der Waals surface area contributed by atoms with Gasteiger partial charge in [-0.15, -0.1) is 0 Å². The number of hydrogen-bond acceptors (Lipinski definition) is 5. The van der Waals surface area contributed by atoms with Crippen molar-refractivity contribution in [2.75, 3.05) is 0 Å². The molecule has 0 fully saturated rings. The van der Waals surface area contributed by atoms with Gasteiger partial charge in [0, 0.05) is 43.1 Å². The van der Waals surface area contributed by atoms with E-state index in [9.17, 15) is 0 Å². The summed E-state index contributed by atoms with van der Waals surface area (Å²) in [4.78, 5) is 23.3. The third kappa shape index (κ3) is 5.03. The van der Waals surface area contributed by atoms with Crippen molar-refractivity contribution < 1.29 is 24.9 Å². The molecule has 9 rings (SSSR count). The summed E-state index contributed by atoms with van der Waals surface area (Å²) in [6.45, 7) is 8.95. The van der Waals surface area contributed by atoms with E-state index >= 15 is 0 Å². The third-order valence-electron chi connectivity index (χ3n) is 9.96. The van der Waals surface area contributed by atoms with Gasteiger partial charge < -0.3 is 24.8 Å². The summed E-state index contributed by atoms with van der Waals surface area (Å²) >= 11 is 0. The van der Waals surface area contributed by atoms with Gasteiger partial charge in [-0.1, -0.05) is 97.1 Å². The van der Waals surface area contributed by atoms with Crippen LogP contribution in [0.5, 0.6) is 0 Å². The van der Waals surface area contributed by atoms with Crippen LogP contribution in [0.1, 0.15) is 50.5 Å². The number of H-pyrrole nitrogens is 4. The Balaban J connectivity index is 0.000000556. The lowest BCUT2D eigenvalue weighted by atomic mass is 10.0. The molecule has 4 aromatic carbocycles. The molecule has 8 bridgehead atoms. The maximum Gasteiger partial charge on any atom is 0.195 e. The van der Waals surface area contributed by atoms with E-state index in [1.165, 1.54) is 65.4 Å². The normalized spacial score (nSPS) is 13.4. The molecule has 1 atom stereocenters. The van der Waals surface area contributed by atoms with Gasteiger partial charge >= 0.3 is 0 Å². The zero-order valence-electron chi connectivity index (χ0n) is 27.9. The Hall–Kier alpha value is -5.25. The van der Waals surface area contributed by atoms with Crippen molar-refractivity contribution in [2.24, 2.45) is 0 Å². The molecule has 0 amide bonds. The first-order valence-corrected chi connectivity index (χ1v) is 17.1. The van der Waals surface area contributed by atoms with Crippen LogP contribution in [0.25, 0.3) is 65.4 Å². The quantitative estimate of drug-likeness (QED) is 0.0539. The highest BCUT2D eigenvalue weighted by Gasteiger charge is 2.19. The Bertz CT molecular complexity index is 2480. The van der Waals surface area contributed by atoms with Crippen LogP contribution >= 0.6 is 9.03 Å². The molecule has 50 heavy (non-hydrogen) atoms. The standard InChI is InChI=1S/C40H32N4.H3O5P/c1-21-33-25-13-5-7-15-27(25)35(41-33)22(2)37-29-17-9-11-19-31(29)39(43-37)24(4)40-32-20-12-10-18-30(32)38(44-40)23(3)36-28-16-8-6-14-26(28)34(21)42-36;1-3-4-5-6-2/h5-20,41-44H,1-4H3;1-2,6H. The van der Waals surface area contributed by atoms with E-state index in [1.54, 1.807) is 0 Å². The Kier molecular flexibility index (Phi) is 8.25.